The van der Waals surface area contributed by atoms with Crippen LogP contribution in [0.1, 0.15) is 25.3 Å². The van der Waals surface area contributed by atoms with E-state index in [0.717, 1.165) is 12.8 Å². The molecule has 0 aromatic heterocycles. The Kier molecular flexibility index (Phi) is 1.88. The first-order valence-electron chi connectivity index (χ1n) is 4.59. The second kappa shape index (κ2) is 2.81. The SMILES string of the molecule is C[C@](O)(c1cccc(F)c1)C1CC1. The zero-order valence-corrected chi connectivity index (χ0v) is 7.63. The number of aliphatic hydroxyl groups is 1. The van der Waals surface area contributed by atoms with Crippen molar-refractivity contribution in [1.29, 1.82) is 0 Å². The van der Waals surface area contributed by atoms with E-state index in [1.54, 1.807) is 19.1 Å². The molecule has 0 aliphatic heterocycles. The minimum absolute atomic E-state index is 0.279. The molecule has 0 spiro atoms. The average molecular weight is 180 g/mol. The Labute approximate surface area is 77.2 Å². The van der Waals surface area contributed by atoms with Crippen LogP contribution in [0.25, 0.3) is 0 Å². The molecule has 1 aromatic carbocycles. The summed E-state index contributed by atoms with van der Waals surface area (Å²) in [4.78, 5) is 0. The molecule has 1 fully saturated rings. The second-order valence-corrected chi connectivity index (χ2v) is 3.93. The van der Waals surface area contributed by atoms with Crippen molar-refractivity contribution in [3.63, 3.8) is 0 Å². The quantitative estimate of drug-likeness (QED) is 0.741. The summed E-state index contributed by atoms with van der Waals surface area (Å²) in [5.74, 6) is 0.0349. The smallest absolute Gasteiger partial charge is 0.123 e. The lowest BCUT2D eigenvalue weighted by atomic mass is 9.91. The molecule has 70 valence electrons. The summed E-state index contributed by atoms with van der Waals surface area (Å²) in [6.45, 7) is 1.76. The number of rotatable bonds is 2. The molecule has 2 heteroatoms. The van der Waals surface area contributed by atoms with Crippen molar-refractivity contribution in [3.05, 3.63) is 35.6 Å². The van der Waals surface area contributed by atoms with Crippen LogP contribution in [0.4, 0.5) is 4.39 Å². The zero-order chi connectivity index (χ0) is 9.47. The van der Waals surface area contributed by atoms with Crippen LogP contribution in [0, 0.1) is 11.7 Å². The highest BCUT2D eigenvalue weighted by atomic mass is 19.1. The standard InChI is InChI=1S/C11H13FO/c1-11(13,8-5-6-8)9-3-2-4-10(12)7-9/h2-4,7-8,13H,5-6H2,1H3/t11-/m1/s1. The maximum absolute atomic E-state index is 12.9. The van der Waals surface area contributed by atoms with Crippen LogP contribution in [-0.4, -0.2) is 5.11 Å². The molecular weight excluding hydrogens is 167 g/mol. The lowest BCUT2D eigenvalue weighted by Crippen LogP contribution is -2.23. The highest BCUT2D eigenvalue weighted by molar-refractivity contribution is 5.24. The van der Waals surface area contributed by atoms with Gasteiger partial charge in [-0.05, 0) is 43.4 Å². The first kappa shape index (κ1) is 8.70. The third kappa shape index (κ3) is 1.59. The summed E-state index contributed by atoms with van der Waals surface area (Å²) >= 11 is 0. The fourth-order valence-corrected chi connectivity index (χ4v) is 1.68. The summed E-state index contributed by atoms with van der Waals surface area (Å²) < 4.78 is 12.9. The van der Waals surface area contributed by atoms with Gasteiger partial charge in [-0.1, -0.05) is 12.1 Å². The maximum atomic E-state index is 12.9. The summed E-state index contributed by atoms with van der Waals surface area (Å²) in [5, 5.41) is 10.1. The van der Waals surface area contributed by atoms with Crippen LogP contribution in [0.15, 0.2) is 24.3 Å². The Morgan fingerprint density at radius 2 is 2.15 bits per heavy atom. The molecule has 0 radical (unpaired) electrons. The Hall–Kier alpha value is -0.890. The first-order chi connectivity index (χ1) is 6.10. The molecule has 0 bridgehead atoms. The van der Waals surface area contributed by atoms with E-state index in [9.17, 15) is 9.50 Å². The van der Waals surface area contributed by atoms with Crippen LogP contribution >= 0.6 is 0 Å². The predicted octanol–water partition coefficient (Wildman–Crippen LogP) is 2.44. The molecule has 1 aliphatic carbocycles. The molecule has 2 rings (SSSR count). The monoisotopic (exact) mass is 180 g/mol. The highest BCUT2D eigenvalue weighted by Crippen LogP contribution is 2.45. The molecule has 0 heterocycles. The van der Waals surface area contributed by atoms with E-state index in [-0.39, 0.29) is 5.82 Å². The van der Waals surface area contributed by atoms with Crippen molar-refractivity contribution < 1.29 is 9.50 Å². The number of benzene rings is 1. The van der Waals surface area contributed by atoms with E-state index >= 15 is 0 Å². The molecule has 0 saturated heterocycles. The Balaban J connectivity index is 2.33. The maximum Gasteiger partial charge on any atom is 0.123 e. The Bertz CT molecular complexity index is 316. The van der Waals surface area contributed by atoms with Crippen LogP contribution in [0.5, 0.6) is 0 Å². The topological polar surface area (TPSA) is 20.2 Å². The zero-order valence-electron chi connectivity index (χ0n) is 7.63. The van der Waals surface area contributed by atoms with E-state index in [1.165, 1.54) is 12.1 Å². The molecule has 1 N–H and O–H groups in total. The molecule has 1 aliphatic rings. The van der Waals surface area contributed by atoms with Crippen LogP contribution in [0.3, 0.4) is 0 Å². The first-order valence-corrected chi connectivity index (χ1v) is 4.59. The van der Waals surface area contributed by atoms with E-state index in [2.05, 4.69) is 0 Å². The molecule has 13 heavy (non-hydrogen) atoms. The van der Waals surface area contributed by atoms with Gasteiger partial charge in [-0.15, -0.1) is 0 Å². The fourth-order valence-electron chi connectivity index (χ4n) is 1.68. The summed E-state index contributed by atoms with van der Waals surface area (Å²) in [6.07, 6.45) is 2.09. The normalized spacial score (nSPS) is 21.2. The number of hydrogen-bond acceptors (Lipinski definition) is 1. The van der Waals surface area contributed by atoms with Gasteiger partial charge in [0.05, 0.1) is 5.60 Å². The van der Waals surface area contributed by atoms with Crippen molar-refractivity contribution in [2.75, 3.05) is 0 Å². The predicted molar refractivity (Wildman–Crippen MR) is 48.7 cm³/mol. The Morgan fingerprint density at radius 3 is 2.69 bits per heavy atom. The lowest BCUT2D eigenvalue weighted by molar-refractivity contribution is 0.0328. The molecular formula is C11H13FO. The van der Waals surface area contributed by atoms with E-state index in [1.807, 2.05) is 0 Å². The highest BCUT2D eigenvalue weighted by Gasteiger charge is 2.41. The molecule has 0 unspecified atom stereocenters. The fraction of sp³-hybridized carbons (Fsp3) is 0.455. The van der Waals surface area contributed by atoms with Gasteiger partial charge in [0.1, 0.15) is 5.82 Å². The van der Waals surface area contributed by atoms with Gasteiger partial charge in [0.25, 0.3) is 0 Å². The van der Waals surface area contributed by atoms with Crippen LogP contribution < -0.4 is 0 Å². The van der Waals surface area contributed by atoms with Gasteiger partial charge in [0.2, 0.25) is 0 Å². The third-order valence-electron chi connectivity index (χ3n) is 2.78. The minimum atomic E-state index is -0.845. The summed E-state index contributed by atoms with van der Waals surface area (Å²) in [7, 11) is 0. The van der Waals surface area contributed by atoms with Crippen molar-refractivity contribution in [2.24, 2.45) is 5.92 Å². The average Bonchev–Trinajstić information content (AvgIpc) is 2.86. The van der Waals surface area contributed by atoms with Gasteiger partial charge in [-0.25, -0.2) is 4.39 Å². The van der Waals surface area contributed by atoms with Gasteiger partial charge >= 0.3 is 0 Å². The van der Waals surface area contributed by atoms with Gasteiger partial charge in [0, 0.05) is 0 Å². The van der Waals surface area contributed by atoms with E-state index in [4.69, 9.17) is 0 Å². The van der Waals surface area contributed by atoms with E-state index in [0.29, 0.717) is 11.5 Å². The second-order valence-electron chi connectivity index (χ2n) is 3.93. The van der Waals surface area contributed by atoms with Gasteiger partial charge in [-0.3, -0.25) is 0 Å². The molecule has 0 amide bonds. The molecule has 1 atom stereocenters. The minimum Gasteiger partial charge on any atom is -0.385 e. The van der Waals surface area contributed by atoms with Crippen molar-refractivity contribution in [3.8, 4) is 0 Å². The molecule has 1 aromatic rings. The summed E-state index contributed by atoms with van der Waals surface area (Å²) in [5.41, 5.74) is -0.155. The number of hydrogen-bond donors (Lipinski definition) is 1. The van der Waals surface area contributed by atoms with Gasteiger partial charge in [-0.2, -0.15) is 0 Å². The number of halogens is 1. The third-order valence-corrected chi connectivity index (χ3v) is 2.78. The Morgan fingerprint density at radius 1 is 1.46 bits per heavy atom. The van der Waals surface area contributed by atoms with Crippen LogP contribution in [0.2, 0.25) is 0 Å². The van der Waals surface area contributed by atoms with Crippen LogP contribution in [-0.2, 0) is 5.60 Å². The summed E-state index contributed by atoms with van der Waals surface area (Å²) in [6, 6.07) is 6.23. The molecule has 1 nitrogen and oxygen atoms in total. The van der Waals surface area contributed by atoms with Crippen molar-refractivity contribution in [2.45, 2.75) is 25.4 Å². The largest absolute Gasteiger partial charge is 0.385 e. The van der Waals surface area contributed by atoms with Gasteiger partial charge < -0.3 is 5.11 Å². The van der Waals surface area contributed by atoms with Crippen molar-refractivity contribution in [1.82, 2.24) is 0 Å². The van der Waals surface area contributed by atoms with Crippen molar-refractivity contribution >= 4 is 0 Å². The van der Waals surface area contributed by atoms with E-state index < -0.39 is 5.60 Å². The lowest BCUT2D eigenvalue weighted by Gasteiger charge is -2.23. The van der Waals surface area contributed by atoms with Gasteiger partial charge in [0.15, 0.2) is 0 Å². The molecule has 1 saturated carbocycles.